The Morgan fingerprint density at radius 2 is 2.04 bits per heavy atom. The van der Waals surface area contributed by atoms with Gasteiger partial charge in [0.15, 0.2) is 0 Å². The molecule has 1 unspecified atom stereocenters. The normalized spacial score (nSPS) is 18.4. The number of rotatable bonds is 4. The largest absolute Gasteiger partial charge is 0.491 e. The average Bonchev–Trinajstić information content (AvgIpc) is 3.07. The highest BCUT2D eigenvalue weighted by Gasteiger charge is 2.22. The predicted octanol–water partition coefficient (Wildman–Crippen LogP) is 3.55. The van der Waals surface area contributed by atoms with Crippen LogP contribution in [-0.4, -0.2) is 58.9 Å². The van der Waals surface area contributed by atoms with Gasteiger partial charge < -0.3 is 14.5 Å². The van der Waals surface area contributed by atoms with Crippen molar-refractivity contribution in [2.45, 2.75) is 32.9 Å². The van der Waals surface area contributed by atoms with E-state index in [0.717, 1.165) is 53.4 Å². The summed E-state index contributed by atoms with van der Waals surface area (Å²) >= 11 is 0. The fraction of sp³-hybridized carbons (Fsp3) is 0.429. The number of hydrogen-bond acceptors (Lipinski definition) is 5. The molecule has 3 aromatic rings. The fourth-order valence-electron chi connectivity index (χ4n) is 3.55. The van der Waals surface area contributed by atoms with Gasteiger partial charge in [0.25, 0.3) is 0 Å². The van der Waals surface area contributed by atoms with Crippen LogP contribution in [-0.2, 0) is 0 Å². The van der Waals surface area contributed by atoms with Gasteiger partial charge in [-0.05, 0) is 58.2 Å². The van der Waals surface area contributed by atoms with E-state index in [4.69, 9.17) is 4.74 Å². The van der Waals surface area contributed by atoms with E-state index >= 15 is 0 Å². The molecular weight excluding hydrogens is 338 g/mol. The summed E-state index contributed by atoms with van der Waals surface area (Å²) in [6.45, 7) is 9.35. The van der Waals surface area contributed by atoms with E-state index in [2.05, 4.69) is 51.1 Å². The molecular formula is C21H27N5O. The van der Waals surface area contributed by atoms with Crippen LogP contribution in [0.4, 0.5) is 5.82 Å². The second-order valence-corrected chi connectivity index (χ2v) is 7.62. The van der Waals surface area contributed by atoms with E-state index in [9.17, 15) is 0 Å². The molecule has 6 heteroatoms. The van der Waals surface area contributed by atoms with Gasteiger partial charge in [-0.3, -0.25) is 5.10 Å². The molecule has 4 rings (SSSR count). The van der Waals surface area contributed by atoms with Crippen molar-refractivity contribution in [2.24, 2.45) is 0 Å². The molecule has 0 saturated carbocycles. The number of aromatic nitrogens is 3. The molecule has 0 spiro atoms. The monoisotopic (exact) mass is 365 g/mol. The minimum Gasteiger partial charge on any atom is -0.491 e. The maximum Gasteiger partial charge on any atom is 0.129 e. The van der Waals surface area contributed by atoms with Crippen LogP contribution in [0.25, 0.3) is 22.2 Å². The van der Waals surface area contributed by atoms with Crippen molar-refractivity contribution in [1.29, 1.82) is 0 Å². The number of nitrogens with one attached hydrogen (secondary N) is 1. The van der Waals surface area contributed by atoms with Gasteiger partial charge in [-0.25, -0.2) is 4.98 Å². The number of nitrogens with zero attached hydrogens (tertiary/aromatic N) is 4. The zero-order valence-electron chi connectivity index (χ0n) is 16.4. The number of hydrogen-bond donors (Lipinski definition) is 1. The van der Waals surface area contributed by atoms with Crippen molar-refractivity contribution in [3.63, 3.8) is 0 Å². The highest BCUT2D eigenvalue weighted by atomic mass is 16.5. The number of pyridine rings is 1. The van der Waals surface area contributed by atoms with E-state index in [1.807, 2.05) is 38.2 Å². The van der Waals surface area contributed by atoms with Gasteiger partial charge in [0, 0.05) is 42.8 Å². The van der Waals surface area contributed by atoms with Crippen molar-refractivity contribution in [1.82, 2.24) is 20.1 Å². The Labute approximate surface area is 160 Å². The van der Waals surface area contributed by atoms with E-state index in [-0.39, 0.29) is 6.10 Å². The first kappa shape index (κ1) is 17.8. The summed E-state index contributed by atoms with van der Waals surface area (Å²) in [6.07, 6.45) is 2.02. The number of aromatic amines is 1. The average molecular weight is 365 g/mol. The van der Waals surface area contributed by atoms with Gasteiger partial charge in [-0.1, -0.05) is 0 Å². The zero-order chi connectivity index (χ0) is 19.0. The molecule has 27 heavy (non-hydrogen) atoms. The molecule has 1 fully saturated rings. The highest BCUT2D eigenvalue weighted by molar-refractivity contribution is 5.94. The van der Waals surface area contributed by atoms with E-state index in [1.165, 1.54) is 0 Å². The number of piperazine rings is 1. The smallest absolute Gasteiger partial charge is 0.129 e. The van der Waals surface area contributed by atoms with Crippen molar-refractivity contribution in [3.05, 3.63) is 36.5 Å². The topological polar surface area (TPSA) is 57.3 Å². The lowest BCUT2D eigenvalue weighted by molar-refractivity contribution is 0.233. The summed E-state index contributed by atoms with van der Waals surface area (Å²) in [5.41, 5.74) is 3.01. The van der Waals surface area contributed by atoms with Crippen LogP contribution >= 0.6 is 0 Å². The third-order valence-corrected chi connectivity index (χ3v) is 5.21. The molecule has 0 amide bonds. The minimum atomic E-state index is 0.143. The Balaban J connectivity index is 1.67. The van der Waals surface area contributed by atoms with Crippen LogP contribution in [0, 0.1) is 0 Å². The molecule has 0 bridgehead atoms. The van der Waals surface area contributed by atoms with Crippen molar-refractivity contribution in [3.8, 4) is 17.0 Å². The lowest BCUT2D eigenvalue weighted by Crippen LogP contribution is -2.50. The Kier molecular flexibility index (Phi) is 4.74. The maximum atomic E-state index is 5.86. The van der Waals surface area contributed by atoms with Crippen molar-refractivity contribution >= 4 is 16.7 Å². The second-order valence-electron chi connectivity index (χ2n) is 7.62. The quantitative estimate of drug-likeness (QED) is 0.766. The van der Waals surface area contributed by atoms with Gasteiger partial charge in [-0.15, -0.1) is 0 Å². The van der Waals surface area contributed by atoms with E-state index in [1.54, 1.807) is 0 Å². The molecule has 142 valence electrons. The Morgan fingerprint density at radius 3 is 2.81 bits per heavy atom. The molecule has 1 N–H and O–H groups in total. The standard InChI is InChI=1S/C21H27N5O/c1-14(2)27-17-5-6-19-18(12-17)21(24-23-19)16-7-8-22-20(11-16)26-10-9-25(4)15(3)13-26/h5-8,11-12,14-15H,9-10,13H2,1-4H3,(H,23,24). The first-order chi connectivity index (χ1) is 13.0. The lowest BCUT2D eigenvalue weighted by atomic mass is 10.1. The number of fused-ring (bicyclic) bond motifs is 1. The summed E-state index contributed by atoms with van der Waals surface area (Å²) in [5, 5.41) is 8.76. The van der Waals surface area contributed by atoms with E-state index < -0.39 is 0 Å². The van der Waals surface area contributed by atoms with Crippen LogP contribution in [0.2, 0.25) is 0 Å². The summed E-state index contributed by atoms with van der Waals surface area (Å²) < 4.78 is 5.86. The van der Waals surface area contributed by atoms with Crippen LogP contribution in [0.1, 0.15) is 20.8 Å². The third kappa shape index (κ3) is 3.62. The van der Waals surface area contributed by atoms with Crippen LogP contribution < -0.4 is 9.64 Å². The minimum absolute atomic E-state index is 0.143. The summed E-state index contributed by atoms with van der Waals surface area (Å²) in [6, 6.07) is 10.7. The maximum absolute atomic E-state index is 5.86. The SMILES string of the molecule is CC(C)Oc1ccc2[nH]nc(-c3ccnc(N4CCN(C)C(C)C4)c3)c2c1. The Morgan fingerprint density at radius 1 is 1.19 bits per heavy atom. The second kappa shape index (κ2) is 7.19. The zero-order valence-corrected chi connectivity index (χ0v) is 16.4. The molecule has 1 aromatic carbocycles. The third-order valence-electron chi connectivity index (χ3n) is 5.21. The Hall–Kier alpha value is -2.60. The molecule has 6 nitrogen and oxygen atoms in total. The summed E-state index contributed by atoms with van der Waals surface area (Å²) in [4.78, 5) is 9.36. The molecule has 1 aliphatic rings. The van der Waals surface area contributed by atoms with Gasteiger partial charge in [0.1, 0.15) is 17.3 Å². The molecule has 2 aromatic heterocycles. The predicted molar refractivity (Wildman–Crippen MR) is 109 cm³/mol. The summed E-state index contributed by atoms with van der Waals surface area (Å²) in [7, 11) is 2.18. The first-order valence-corrected chi connectivity index (χ1v) is 9.57. The summed E-state index contributed by atoms with van der Waals surface area (Å²) in [5.74, 6) is 1.88. The molecule has 0 radical (unpaired) electrons. The van der Waals surface area contributed by atoms with Crippen LogP contribution in [0.15, 0.2) is 36.5 Å². The van der Waals surface area contributed by atoms with Gasteiger partial charge in [-0.2, -0.15) is 5.10 Å². The van der Waals surface area contributed by atoms with Crippen LogP contribution in [0.5, 0.6) is 5.75 Å². The molecule has 3 heterocycles. The van der Waals surface area contributed by atoms with Gasteiger partial charge >= 0.3 is 0 Å². The number of anilines is 1. The number of benzene rings is 1. The number of ether oxygens (including phenoxy) is 1. The Bertz CT molecular complexity index is 935. The molecule has 1 atom stereocenters. The molecule has 1 saturated heterocycles. The molecule has 1 aliphatic heterocycles. The molecule has 0 aliphatic carbocycles. The van der Waals surface area contributed by atoms with Crippen molar-refractivity contribution in [2.75, 3.05) is 31.6 Å². The van der Waals surface area contributed by atoms with Gasteiger partial charge in [0.2, 0.25) is 0 Å². The first-order valence-electron chi connectivity index (χ1n) is 9.57. The fourth-order valence-corrected chi connectivity index (χ4v) is 3.55. The van der Waals surface area contributed by atoms with Crippen LogP contribution in [0.3, 0.4) is 0 Å². The number of likely N-dealkylation sites (N-methyl/N-ethyl adjacent to an activating group) is 1. The van der Waals surface area contributed by atoms with E-state index in [0.29, 0.717) is 6.04 Å². The van der Waals surface area contributed by atoms with Crippen molar-refractivity contribution < 1.29 is 4.74 Å². The lowest BCUT2D eigenvalue weighted by Gasteiger charge is -2.38. The van der Waals surface area contributed by atoms with Gasteiger partial charge in [0.05, 0.1) is 11.6 Å². The number of H-pyrrole nitrogens is 1. The highest BCUT2D eigenvalue weighted by Crippen LogP contribution is 2.31.